The van der Waals surface area contributed by atoms with Gasteiger partial charge in [0.1, 0.15) is 5.83 Å². The third kappa shape index (κ3) is 2.87. The highest BCUT2D eigenvalue weighted by molar-refractivity contribution is 6.69. The highest BCUT2D eigenvalue weighted by Crippen LogP contribution is 2.20. The Bertz CT molecular complexity index is 227. The van der Waals surface area contributed by atoms with Gasteiger partial charge in [0.25, 0.3) is 5.24 Å². The third-order valence-corrected chi connectivity index (χ3v) is 1.42. The first kappa shape index (κ1) is 10.4. The lowest BCUT2D eigenvalue weighted by molar-refractivity contribution is -0.108. The fourth-order valence-electron chi connectivity index (χ4n) is 0.432. The van der Waals surface area contributed by atoms with Crippen molar-refractivity contribution in [1.29, 1.82) is 0 Å². The van der Waals surface area contributed by atoms with E-state index in [-0.39, 0.29) is 5.03 Å². The van der Waals surface area contributed by atoms with Crippen LogP contribution in [0.15, 0.2) is 35.7 Å². The highest BCUT2D eigenvalue weighted by atomic mass is 35.5. The largest absolute Gasteiger partial charge is 0.275 e. The molecule has 0 aliphatic rings. The van der Waals surface area contributed by atoms with Crippen LogP contribution in [-0.4, -0.2) is 5.24 Å². The van der Waals surface area contributed by atoms with Crippen LogP contribution in [0.4, 0.5) is 4.39 Å². The zero-order valence-electron chi connectivity index (χ0n) is 5.53. The van der Waals surface area contributed by atoms with Gasteiger partial charge in [0.05, 0.1) is 10.6 Å². The zero-order valence-corrected chi connectivity index (χ0v) is 7.05. The van der Waals surface area contributed by atoms with Crippen molar-refractivity contribution in [2.75, 3.05) is 0 Å². The Morgan fingerprint density at radius 1 is 1.45 bits per heavy atom. The molecule has 0 bridgehead atoms. The molecule has 1 nitrogen and oxygen atoms in total. The van der Waals surface area contributed by atoms with Crippen molar-refractivity contribution < 1.29 is 9.18 Å². The summed E-state index contributed by atoms with van der Waals surface area (Å²) < 4.78 is 12.4. The second-order valence-electron chi connectivity index (χ2n) is 1.61. The Morgan fingerprint density at radius 3 is 2.00 bits per heavy atom. The molecule has 0 fully saturated rings. The van der Waals surface area contributed by atoms with Gasteiger partial charge in [-0.15, -0.1) is 0 Å². The molecule has 4 heteroatoms. The lowest BCUT2D eigenvalue weighted by atomic mass is 10.2. The molecule has 0 N–H and O–H groups in total. The van der Waals surface area contributed by atoms with Gasteiger partial charge >= 0.3 is 0 Å². The maximum atomic E-state index is 12.4. The van der Waals surface area contributed by atoms with Crippen molar-refractivity contribution >= 4 is 28.4 Å². The van der Waals surface area contributed by atoms with Crippen LogP contribution in [0.25, 0.3) is 0 Å². The summed E-state index contributed by atoms with van der Waals surface area (Å²) >= 11 is 10.4. The topological polar surface area (TPSA) is 17.1 Å². The monoisotopic (exact) mass is 194 g/mol. The fourth-order valence-corrected chi connectivity index (χ4v) is 0.873. The second kappa shape index (κ2) is 4.31. The minimum atomic E-state index is -0.984. The molecular weight excluding hydrogens is 190 g/mol. The molecule has 0 rings (SSSR count). The van der Waals surface area contributed by atoms with Crippen LogP contribution in [-0.2, 0) is 4.79 Å². The van der Waals surface area contributed by atoms with Gasteiger partial charge in [0.2, 0.25) is 0 Å². The van der Waals surface area contributed by atoms with Crippen LogP contribution >= 0.6 is 23.2 Å². The summed E-state index contributed by atoms with van der Waals surface area (Å²) in [5.41, 5.74) is -0.441. The average Bonchev–Trinajstić information content (AvgIpc) is 1.85. The number of halogens is 3. The predicted octanol–water partition coefficient (Wildman–Crippen LogP) is 2.91. The number of hydrogen-bond acceptors (Lipinski definition) is 1. The van der Waals surface area contributed by atoms with Crippen molar-refractivity contribution in [3.8, 4) is 0 Å². The maximum Gasteiger partial charge on any atom is 0.256 e. The Labute approximate surface area is 73.8 Å². The van der Waals surface area contributed by atoms with Crippen LogP contribution in [0.1, 0.15) is 0 Å². The molecule has 0 saturated heterocycles. The Hall–Kier alpha value is -0.600. The van der Waals surface area contributed by atoms with Gasteiger partial charge in [-0.2, -0.15) is 0 Å². The third-order valence-electron chi connectivity index (χ3n) is 0.886. The van der Waals surface area contributed by atoms with Gasteiger partial charge in [-0.05, 0) is 17.7 Å². The normalized spacial score (nSPS) is 11.9. The van der Waals surface area contributed by atoms with Gasteiger partial charge in [-0.1, -0.05) is 24.8 Å². The zero-order chi connectivity index (χ0) is 9.02. The minimum absolute atomic E-state index is 0.141. The van der Waals surface area contributed by atoms with E-state index in [0.717, 1.165) is 6.08 Å². The van der Waals surface area contributed by atoms with E-state index in [1.807, 2.05) is 0 Å². The van der Waals surface area contributed by atoms with E-state index in [2.05, 4.69) is 13.2 Å². The molecule has 0 aromatic carbocycles. The van der Waals surface area contributed by atoms with Crippen LogP contribution in [0, 0.1) is 0 Å². The maximum absolute atomic E-state index is 12.4. The van der Waals surface area contributed by atoms with E-state index in [1.54, 1.807) is 0 Å². The van der Waals surface area contributed by atoms with Crippen LogP contribution in [0.2, 0.25) is 0 Å². The van der Waals surface area contributed by atoms with Gasteiger partial charge in [0.15, 0.2) is 0 Å². The van der Waals surface area contributed by atoms with Crippen LogP contribution in [0.3, 0.4) is 0 Å². The van der Waals surface area contributed by atoms with E-state index < -0.39 is 16.6 Å². The Morgan fingerprint density at radius 2 is 1.91 bits per heavy atom. The summed E-state index contributed by atoms with van der Waals surface area (Å²) in [5, 5.41) is -1.13. The van der Waals surface area contributed by atoms with Crippen molar-refractivity contribution in [3.63, 3.8) is 0 Å². The molecule has 0 amide bonds. The first-order chi connectivity index (χ1) is 5.00. The fraction of sp³-hybridized carbons (Fsp3) is 0. The first-order valence-corrected chi connectivity index (χ1v) is 3.33. The highest BCUT2D eigenvalue weighted by Gasteiger charge is 2.13. The quantitative estimate of drug-likeness (QED) is 0.384. The van der Waals surface area contributed by atoms with Gasteiger partial charge in [0, 0.05) is 0 Å². The molecule has 0 aromatic heterocycles. The van der Waals surface area contributed by atoms with E-state index in [4.69, 9.17) is 23.2 Å². The molecule has 0 atom stereocenters. The lowest BCUT2D eigenvalue weighted by Crippen LogP contribution is -1.95. The summed E-state index contributed by atoms with van der Waals surface area (Å²) in [7, 11) is 0. The predicted molar refractivity (Wildman–Crippen MR) is 44.2 cm³/mol. The summed E-state index contributed by atoms with van der Waals surface area (Å²) in [4.78, 5) is 10.5. The van der Waals surface area contributed by atoms with E-state index in [9.17, 15) is 9.18 Å². The average molecular weight is 195 g/mol. The van der Waals surface area contributed by atoms with Crippen molar-refractivity contribution in [2.45, 2.75) is 0 Å². The van der Waals surface area contributed by atoms with Gasteiger partial charge in [-0.25, -0.2) is 4.39 Å². The van der Waals surface area contributed by atoms with Gasteiger partial charge in [-0.3, -0.25) is 4.79 Å². The summed E-state index contributed by atoms with van der Waals surface area (Å²) in [6.45, 7) is 6.12. The second-order valence-corrected chi connectivity index (χ2v) is 2.36. The molecule has 0 aliphatic heterocycles. The molecule has 0 heterocycles. The molecule has 0 spiro atoms. The molecule has 0 aromatic rings. The summed E-state index contributed by atoms with van der Waals surface area (Å²) in [6.07, 6.45) is 1.11. The number of rotatable bonds is 3. The molecule has 0 saturated carbocycles. The molecular formula is C7H5Cl2FO. The molecule has 60 valence electrons. The summed E-state index contributed by atoms with van der Waals surface area (Å²) in [5.74, 6) is -0.963. The number of hydrogen-bond donors (Lipinski definition) is 0. The van der Waals surface area contributed by atoms with Gasteiger partial charge < -0.3 is 0 Å². The molecule has 0 aliphatic carbocycles. The molecule has 0 radical (unpaired) electrons. The molecule has 0 unspecified atom stereocenters. The number of carbonyl (C=O) groups is 1. The number of allylic oxidation sites excluding steroid dienone is 4. The number of carbonyl (C=O) groups excluding carboxylic acids is 1. The minimum Gasteiger partial charge on any atom is -0.275 e. The first-order valence-electron chi connectivity index (χ1n) is 2.57. The smallest absolute Gasteiger partial charge is 0.256 e. The SMILES string of the molecule is C=C/C(Cl)=C(\C(=C)F)C(=O)Cl. The van der Waals surface area contributed by atoms with E-state index in [1.165, 1.54) is 0 Å². The standard InChI is InChI=1S/C7H5Cl2FO/c1-3-5(8)6(4(2)10)7(9)11/h3H,1-2H2/b6-5-. The lowest BCUT2D eigenvalue weighted by Gasteiger charge is -1.97. The van der Waals surface area contributed by atoms with Crippen LogP contribution in [0.5, 0.6) is 0 Å². The Kier molecular flexibility index (Phi) is 4.08. The Balaban J connectivity index is 5.04. The molecule has 11 heavy (non-hydrogen) atoms. The van der Waals surface area contributed by atoms with E-state index in [0.29, 0.717) is 0 Å². The summed E-state index contributed by atoms with van der Waals surface area (Å²) in [6, 6.07) is 0. The van der Waals surface area contributed by atoms with E-state index >= 15 is 0 Å². The van der Waals surface area contributed by atoms with Crippen molar-refractivity contribution in [2.24, 2.45) is 0 Å². The van der Waals surface area contributed by atoms with Crippen LogP contribution < -0.4 is 0 Å². The van der Waals surface area contributed by atoms with Crippen molar-refractivity contribution in [1.82, 2.24) is 0 Å². The van der Waals surface area contributed by atoms with Crippen molar-refractivity contribution in [3.05, 3.63) is 35.7 Å².